The Morgan fingerprint density at radius 3 is 2.38 bits per heavy atom. The summed E-state index contributed by atoms with van der Waals surface area (Å²) in [4.78, 5) is 25.7. The molecule has 3 fully saturated rings. The van der Waals surface area contributed by atoms with Crippen molar-refractivity contribution in [1.29, 1.82) is 0 Å². The minimum Gasteiger partial charge on any atom is -0.480 e. The van der Waals surface area contributed by atoms with Crippen molar-refractivity contribution < 1.29 is 14.7 Å². The van der Waals surface area contributed by atoms with Gasteiger partial charge in [0.1, 0.15) is 6.04 Å². The van der Waals surface area contributed by atoms with Crippen LogP contribution in [0.25, 0.3) is 0 Å². The average Bonchev–Trinajstić information content (AvgIpc) is 3.34. The standard InChI is InChI=1S/C15H24N2O3S/c1-2-3-12-17(11(8-21-12)14(18)19)15(20)16-13(9-4-5-9)10-6-7-10/h9-13H,2-8H2,1H3,(H,16,20)(H,18,19). The molecule has 1 aliphatic heterocycles. The van der Waals surface area contributed by atoms with Gasteiger partial charge in [-0.25, -0.2) is 9.59 Å². The zero-order chi connectivity index (χ0) is 15.0. The Morgan fingerprint density at radius 1 is 1.29 bits per heavy atom. The lowest BCUT2D eigenvalue weighted by molar-refractivity contribution is -0.141. The molecule has 5 nitrogen and oxygen atoms in total. The number of carbonyl (C=O) groups is 2. The molecule has 2 N–H and O–H groups in total. The van der Waals surface area contributed by atoms with E-state index in [2.05, 4.69) is 12.2 Å². The number of carboxylic acid groups (broad SMARTS) is 1. The number of carbonyl (C=O) groups excluding carboxylic acids is 1. The highest BCUT2D eigenvalue weighted by molar-refractivity contribution is 8.00. The Bertz CT molecular complexity index is 411. The van der Waals surface area contributed by atoms with Crippen molar-refractivity contribution in [3.05, 3.63) is 0 Å². The largest absolute Gasteiger partial charge is 0.480 e. The van der Waals surface area contributed by atoms with Gasteiger partial charge in [-0.05, 0) is 43.9 Å². The van der Waals surface area contributed by atoms with Crippen molar-refractivity contribution in [1.82, 2.24) is 10.2 Å². The number of hydrogen-bond acceptors (Lipinski definition) is 3. The molecule has 3 aliphatic rings. The molecule has 2 saturated carbocycles. The van der Waals surface area contributed by atoms with Crippen molar-refractivity contribution >= 4 is 23.8 Å². The van der Waals surface area contributed by atoms with Crippen molar-refractivity contribution in [3.63, 3.8) is 0 Å². The number of thioether (sulfide) groups is 1. The molecule has 0 radical (unpaired) electrons. The van der Waals surface area contributed by atoms with Crippen LogP contribution in [0.4, 0.5) is 4.79 Å². The van der Waals surface area contributed by atoms with E-state index in [9.17, 15) is 14.7 Å². The summed E-state index contributed by atoms with van der Waals surface area (Å²) in [6, 6.07) is -0.555. The van der Waals surface area contributed by atoms with Crippen LogP contribution in [0.2, 0.25) is 0 Å². The Hall–Kier alpha value is -0.910. The van der Waals surface area contributed by atoms with Gasteiger partial charge in [-0.3, -0.25) is 4.90 Å². The maximum absolute atomic E-state index is 12.7. The third kappa shape index (κ3) is 3.30. The van der Waals surface area contributed by atoms with Gasteiger partial charge in [0.2, 0.25) is 0 Å². The quantitative estimate of drug-likeness (QED) is 0.790. The second-order valence-corrected chi connectivity index (χ2v) is 7.70. The molecule has 1 heterocycles. The van der Waals surface area contributed by atoms with E-state index < -0.39 is 12.0 Å². The average molecular weight is 312 g/mol. The van der Waals surface area contributed by atoms with Crippen molar-refractivity contribution in [2.45, 2.75) is 62.9 Å². The highest BCUT2D eigenvalue weighted by Gasteiger charge is 2.46. The third-order valence-corrected chi connectivity index (χ3v) is 6.05. The molecule has 6 heteroatoms. The lowest BCUT2D eigenvalue weighted by Crippen LogP contribution is -2.53. The summed E-state index contributed by atoms with van der Waals surface area (Å²) in [5.41, 5.74) is 0. The Kier molecular flexibility index (Phi) is 4.33. The zero-order valence-corrected chi connectivity index (χ0v) is 13.3. The van der Waals surface area contributed by atoms with E-state index in [0.29, 0.717) is 17.6 Å². The van der Waals surface area contributed by atoms with E-state index in [0.717, 1.165) is 12.8 Å². The van der Waals surface area contributed by atoms with Crippen LogP contribution in [-0.4, -0.2) is 45.2 Å². The number of hydrogen-bond donors (Lipinski definition) is 2. The Balaban J connectivity index is 1.67. The minimum absolute atomic E-state index is 0.00940. The summed E-state index contributed by atoms with van der Waals surface area (Å²) in [7, 11) is 0. The SMILES string of the molecule is CCCC1SCC(C(=O)O)N1C(=O)NC(C1CC1)C1CC1. The molecule has 0 aromatic heterocycles. The highest BCUT2D eigenvalue weighted by Crippen LogP contribution is 2.45. The van der Waals surface area contributed by atoms with Crippen molar-refractivity contribution in [2.75, 3.05) is 5.75 Å². The van der Waals surface area contributed by atoms with E-state index in [-0.39, 0.29) is 17.4 Å². The maximum Gasteiger partial charge on any atom is 0.327 e. The number of amides is 2. The molecule has 118 valence electrons. The van der Waals surface area contributed by atoms with E-state index >= 15 is 0 Å². The lowest BCUT2D eigenvalue weighted by atomic mass is 10.1. The number of aliphatic carboxylic acids is 1. The summed E-state index contributed by atoms with van der Waals surface area (Å²) in [5, 5.41) is 12.5. The normalized spacial score (nSPS) is 29.0. The molecular formula is C15H24N2O3S. The predicted molar refractivity (Wildman–Crippen MR) is 82.2 cm³/mol. The lowest BCUT2D eigenvalue weighted by Gasteiger charge is -2.30. The van der Waals surface area contributed by atoms with Gasteiger partial charge < -0.3 is 10.4 Å². The fourth-order valence-electron chi connectivity index (χ4n) is 3.24. The Morgan fingerprint density at radius 2 is 1.90 bits per heavy atom. The van der Waals surface area contributed by atoms with Crippen LogP contribution in [-0.2, 0) is 4.79 Å². The minimum atomic E-state index is -0.884. The number of nitrogens with one attached hydrogen (secondary N) is 1. The zero-order valence-electron chi connectivity index (χ0n) is 12.5. The highest BCUT2D eigenvalue weighted by atomic mass is 32.2. The van der Waals surface area contributed by atoms with Crippen LogP contribution >= 0.6 is 11.8 Å². The van der Waals surface area contributed by atoms with E-state index in [4.69, 9.17) is 0 Å². The molecule has 2 aliphatic carbocycles. The third-order valence-electron chi connectivity index (χ3n) is 4.70. The maximum atomic E-state index is 12.7. The summed E-state index contributed by atoms with van der Waals surface area (Å²) < 4.78 is 0. The summed E-state index contributed by atoms with van der Waals surface area (Å²) in [6.07, 6.45) is 6.64. The van der Waals surface area contributed by atoms with Crippen molar-refractivity contribution in [3.8, 4) is 0 Å². The van der Waals surface area contributed by atoms with Crippen LogP contribution in [0.1, 0.15) is 45.4 Å². The van der Waals surface area contributed by atoms with Crippen LogP contribution in [0, 0.1) is 11.8 Å². The number of carboxylic acids is 1. The number of nitrogens with zero attached hydrogens (tertiary/aromatic N) is 1. The molecule has 0 spiro atoms. The first-order valence-corrected chi connectivity index (χ1v) is 9.10. The van der Waals surface area contributed by atoms with Gasteiger partial charge in [-0.1, -0.05) is 13.3 Å². The molecule has 2 amide bonds. The molecular weight excluding hydrogens is 288 g/mol. The monoisotopic (exact) mass is 312 g/mol. The van der Waals surface area contributed by atoms with Gasteiger partial charge >= 0.3 is 12.0 Å². The molecule has 2 atom stereocenters. The van der Waals surface area contributed by atoms with Crippen LogP contribution < -0.4 is 5.32 Å². The molecule has 0 bridgehead atoms. The molecule has 3 rings (SSSR count). The second kappa shape index (κ2) is 6.07. The second-order valence-electron chi connectivity index (χ2n) is 6.49. The first-order valence-electron chi connectivity index (χ1n) is 8.05. The summed E-state index contributed by atoms with van der Waals surface area (Å²) in [5.74, 6) is 0.880. The fraction of sp³-hybridized carbons (Fsp3) is 0.867. The van der Waals surface area contributed by atoms with Crippen LogP contribution in [0.15, 0.2) is 0 Å². The first-order chi connectivity index (χ1) is 10.1. The molecule has 1 saturated heterocycles. The molecule has 0 aromatic carbocycles. The van der Waals surface area contributed by atoms with Crippen LogP contribution in [0.3, 0.4) is 0 Å². The fourth-order valence-corrected chi connectivity index (χ4v) is 4.76. The smallest absolute Gasteiger partial charge is 0.327 e. The summed E-state index contributed by atoms with van der Waals surface area (Å²) in [6.45, 7) is 2.07. The Labute approximate surface area is 129 Å². The van der Waals surface area contributed by atoms with Gasteiger partial charge in [-0.15, -0.1) is 11.8 Å². The molecule has 2 unspecified atom stereocenters. The van der Waals surface area contributed by atoms with E-state index in [1.807, 2.05) is 0 Å². The van der Waals surface area contributed by atoms with Crippen molar-refractivity contribution in [2.24, 2.45) is 11.8 Å². The summed E-state index contributed by atoms with van der Waals surface area (Å²) >= 11 is 1.60. The van der Waals surface area contributed by atoms with Gasteiger partial charge in [0, 0.05) is 11.8 Å². The predicted octanol–water partition coefficient (Wildman–Crippen LogP) is 2.51. The number of rotatable bonds is 6. The van der Waals surface area contributed by atoms with Gasteiger partial charge in [0.25, 0.3) is 0 Å². The molecule has 21 heavy (non-hydrogen) atoms. The first kappa shape index (κ1) is 15.0. The van der Waals surface area contributed by atoms with Gasteiger partial charge in [0.05, 0.1) is 5.37 Å². The van der Waals surface area contributed by atoms with Gasteiger partial charge in [-0.2, -0.15) is 0 Å². The molecule has 0 aromatic rings. The topological polar surface area (TPSA) is 69.6 Å². The van der Waals surface area contributed by atoms with Crippen LogP contribution in [0.5, 0.6) is 0 Å². The van der Waals surface area contributed by atoms with E-state index in [1.165, 1.54) is 25.7 Å². The number of urea groups is 1. The van der Waals surface area contributed by atoms with Gasteiger partial charge in [0.15, 0.2) is 0 Å². The van der Waals surface area contributed by atoms with E-state index in [1.54, 1.807) is 16.7 Å².